The van der Waals surface area contributed by atoms with E-state index in [4.69, 9.17) is 0 Å². The normalized spacial score (nSPS) is 10.1. The summed E-state index contributed by atoms with van der Waals surface area (Å²) in [7, 11) is 0. The zero-order valence-corrected chi connectivity index (χ0v) is 7.25. The number of rotatable bonds is 2. The van der Waals surface area contributed by atoms with E-state index in [9.17, 15) is 10.1 Å². The van der Waals surface area contributed by atoms with Gasteiger partial charge in [0.1, 0.15) is 0 Å². The second-order valence-corrected chi connectivity index (χ2v) is 2.85. The first-order valence-electron chi connectivity index (χ1n) is 4.11. The standard InChI is InChI=1S/C10H7N2O2/c13-11-12(14)10-7-3-5-8-4-1-2-6-9(8)10/h1-7H/q-1. The van der Waals surface area contributed by atoms with E-state index in [0.717, 1.165) is 10.8 Å². The zero-order chi connectivity index (χ0) is 9.97. The summed E-state index contributed by atoms with van der Waals surface area (Å²) in [4.78, 5) is 10.1. The van der Waals surface area contributed by atoms with E-state index in [1.54, 1.807) is 18.2 Å². The molecule has 0 bridgehead atoms. The van der Waals surface area contributed by atoms with Crippen LogP contribution in [0.1, 0.15) is 0 Å². The molecule has 0 fully saturated rings. The van der Waals surface area contributed by atoms with Gasteiger partial charge in [-0.1, -0.05) is 36.4 Å². The molecule has 0 spiro atoms. The fraction of sp³-hybridized carbons (Fsp3) is 0. The van der Waals surface area contributed by atoms with Gasteiger partial charge in [-0.05, 0) is 11.5 Å². The molecule has 0 saturated carbocycles. The first-order chi connectivity index (χ1) is 6.83. The van der Waals surface area contributed by atoms with Crippen LogP contribution in [0.3, 0.4) is 0 Å². The maximum Gasteiger partial charge on any atom is 0.0578 e. The van der Waals surface area contributed by atoms with Crippen molar-refractivity contribution in [2.45, 2.75) is 0 Å². The Morgan fingerprint density at radius 3 is 2.57 bits per heavy atom. The average molecular weight is 187 g/mol. The van der Waals surface area contributed by atoms with Crippen LogP contribution in [0.4, 0.5) is 5.69 Å². The van der Waals surface area contributed by atoms with Crippen LogP contribution < -0.4 is 5.17 Å². The summed E-state index contributed by atoms with van der Waals surface area (Å²) >= 11 is 0. The van der Waals surface area contributed by atoms with Gasteiger partial charge in [0.15, 0.2) is 0 Å². The number of nitroso groups, excluding NO2 is 1. The molecule has 0 aromatic heterocycles. The lowest BCUT2D eigenvalue weighted by Gasteiger charge is -2.21. The van der Waals surface area contributed by atoms with E-state index in [1.165, 1.54) is 0 Å². The van der Waals surface area contributed by atoms with Gasteiger partial charge in [-0.2, -0.15) is 0 Å². The van der Waals surface area contributed by atoms with Crippen LogP contribution in [-0.2, 0) is 0 Å². The van der Waals surface area contributed by atoms with Gasteiger partial charge in [-0.3, -0.25) is 5.17 Å². The van der Waals surface area contributed by atoms with Gasteiger partial charge in [0.05, 0.1) is 5.69 Å². The Hall–Kier alpha value is -1.94. The third-order valence-electron chi connectivity index (χ3n) is 2.05. The lowest BCUT2D eigenvalue weighted by Crippen LogP contribution is -2.03. The Morgan fingerprint density at radius 1 is 1.07 bits per heavy atom. The van der Waals surface area contributed by atoms with E-state index in [1.807, 2.05) is 24.3 Å². The van der Waals surface area contributed by atoms with Crippen molar-refractivity contribution in [2.24, 2.45) is 5.29 Å². The maximum absolute atomic E-state index is 11.1. The van der Waals surface area contributed by atoms with Crippen LogP contribution in [0, 0.1) is 10.1 Å². The summed E-state index contributed by atoms with van der Waals surface area (Å²) in [6.45, 7) is 0. The molecule has 0 aliphatic rings. The Balaban J connectivity index is 2.70. The van der Waals surface area contributed by atoms with Crippen LogP contribution in [0.15, 0.2) is 47.8 Å². The van der Waals surface area contributed by atoms with E-state index >= 15 is 0 Å². The molecule has 0 amide bonds. The minimum Gasteiger partial charge on any atom is -0.735 e. The van der Waals surface area contributed by atoms with Gasteiger partial charge < -0.3 is 5.21 Å². The first kappa shape index (κ1) is 8.65. The van der Waals surface area contributed by atoms with Gasteiger partial charge in [-0.15, -0.1) is 4.91 Å². The maximum atomic E-state index is 11.1. The molecule has 0 heterocycles. The lowest BCUT2D eigenvalue weighted by atomic mass is 10.1. The molecular formula is C10H7N2O2-. The lowest BCUT2D eigenvalue weighted by molar-refractivity contribution is 1.08. The largest absolute Gasteiger partial charge is 0.735 e. The highest BCUT2D eigenvalue weighted by atomic mass is 16.6. The number of anilines is 1. The number of benzene rings is 2. The quantitative estimate of drug-likeness (QED) is 0.536. The van der Waals surface area contributed by atoms with Crippen molar-refractivity contribution in [1.82, 2.24) is 0 Å². The molecule has 0 unspecified atom stereocenters. The van der Waals surface area contributed by atoms with Gasteiger partial charge in [0.2, 0.25) is 0 Å². The second kappa shape index (κ2) is 3.43. The number of nitrogens with zero attached hydrogens (tertiary/aromatic N) is 2. The highest BCUT2D eigenvalue weighted by molar-refractivity contribution is 5.94. The van der Waals surface area contributed by atoms with Gasteiger partial charge in [0, 0.05) is 10.7 Å². The molecule has 4 heteroatoms. The van der Waals surface area contributed by atoms with Gasteiger partial charge in [0.25, 0.3) is 0 Å². The third kappa shape index (κ3) is 1.31. The smallest absolute Gasteiger partial charge is 0.0578 e. The molecule has 70 valence electrons. The minimum atomic E-state index is 0.0856. The highest BCUT2D eigenvalue weighted by Gasteiger charge is 2.00. The Kier molecular flexibility index (Phi) is 2.12. The SMILES string of the molecule is O=NN([O-])c1cccc2ccccc12. The van der Waals surface area contributed by atoms with Crippen LogP contribution in [-0.4, -0.2) is 0 Å². The Bertz CT molecular complexity index is 465. The van der Waals surface area contributed by atoms with Crippen molar-refractivity contribution in [3.63, 3.8) is 0 Å². The predicted molar refractivity (Wildman–Crippen MR) is 55.6 cm³/mol. The second-order valence-electron chi connectivity index (χ2n) is 2.85. The molecule has 2 aromatic carbocycles. The molecule has 2 rings (SSSR count). The minimum absolute atomic E-state index is 0.0856. The molecule has 0 aliphatic heterocycles. The molecule has 2 aromatic rings. The van der Waals surface area contributed by atoms with Crippen molar-refractivity contribution in [2.75, 3.05) is 5.17 Å². The van der Waals surface area contributed by atoms with Crippen molar-refractivity contribution in [1.29, 1.82) is 0 Å². The number of fused-ring (bicyclic) bond motifs is 1. The molecule has 0 aliphatic carbocycles. The molecule has 0 radical (unpaired) electrons. The van der Waals surface area contributed by atoms with Crippen LogP contribution >= 0.6 is 0 Å². The number of hydrogen-bond acceptors (Lipinski definition) is 3. The van der Waals surface area contributed by atoms with Gasteiger partial charge >= 0.3 is 0 Å². The molecule has 0 atom stereocenters. The van der Waals surface area contributed by atoms with Crippen LogP contribution in [0.2, 0.25) is 0 Å². The Labute approximate surface area is 80.3 Å². The van der Waals surface area contributed by atoms with E-state index in [2.05, 4.69) is 5.29 Å². The molecular weight excluding hydrogens is 180 g/mol. The van der Waals surface area contributed by atoms with Crippen molar-refractivity contribution in [3.05, 3.63) is 52.6 Å². The molecule has 14 heavy (non-hydrogen) atoms. The van der Waals surface area contributed by atoms with Crippen LogP contribution in [0.25, 0.3) is 10.8 Å². The monoisotopic (exact) mass is 187 g/mol. The first-order valence-corrected chi connectivity index (χ1v) is 4.11. The highest BCUT2D eigenvalue weighted by Crippen LogP contribution is 2.25. The summed E-state index contributed by atoms with van der Waals surface area (Å²) in [6.07, 6.45) is 0. The summed E-state index contributed by atoms with van der Waals surface area (Å²) in [6, 6.07) is 12.5. The van der Waals surface area contributed by atoms with Crippen LogP contribution in [0.5, 0.6) is 0 Å². The van der Waals surface area contributed by atoms with E-state index < -0.39 is 0 Å². The van der Waals surface area contributed by atoms with Crippen molar-refractivity contribution < 1.29 is 0 Å². The van der Waals surface area contributed by atoms with Crippen molar-refractivity contribution in [3.8, 4) is 0 Å². The summed E-state index contributed by atoms with van der Waals surface area (Å²) in [5.74, 6) is 0. The van der Waals surface area contributed by atoms with E-state index in [-0.39, 0.29) is 10.9 Å². The fourth-order valence-electron chi connectivity index (χ4n) is 1.42. The third-order valence-corrected chi connectivity index (χ3v) is 2.05. The molecule has 0 saturated heterocycles. The molecule has 4 nitrogen and oxygen atoms in total. The summed E-state index contributed by atoms with van der Waals surface area (Å²) in [5, 5.41) is 15.1. The Morgan fingerprint density at radius 2 is 1.79 bits per heavy atom. The summed E-state index contributed by atoms with van der Waals surface area (Å²) in [5.41, 5.74) is 0.276. The van der Waals surface area contributed by atoms with Crippen molar-refractivity contribution >= 4 is 16.5 Å². The van der Waals surface area contributed by atoms with Gasteiger partial charge in [-0.25, -0.2) is 0 Å². The summed E-state index contributed by atoms with van der Waals surface area (Å²) < 4.78 is 0. The number of hydrogen-bond donors (Lipinski definition) is 0. The zero-order valence-electron chi connectivity index (χ0n) is 7.25. The predicted octanol–water partition coefficient (Wildman–Crippen LogP) is 2.83. The fourth-order valence-corrected chi connectivity index (χ4v) is 1.42. The topological polar surface area (TPSA) is 55.7 Å². The average Bonchev–Trinajstić information content (AvgIpc) is 2.27. The van der Waals surface area contributed by atoms with E-state index in [0.29, 0.717) is 0 Å². The molecule has 0 N–H and O–H groups in total.